The molecular weight excluding hydrogens is 406 g/mol. The van der Waals surface area contributed by atoms with Crippen LogP contribution in [0.2, 0.25) is 0 Å². The van der Waals surface area contributed by atoms with Gasteiger partial charge in [0.25, 0.3) is 0 Å². The molecule has 1 N–H and O–H groups in total. The Morgan fingerprint density at radius 1 is 0.848 bits per heavy atom. The zero-order chi connectivity index (χ0) is 22.6. The summed E-state index contributed by atoms with van der Waals surface area (Å²) in [5.74, 6) is 4.14. The summed E-state index contributed by atoms with van der Waals surface area (Å²) in [4.78, 5) is 15.9. The van der Waals surface area contributed by atoms with Gasteiger partial charge in [-0.2, -0.15) is 0 Å². The van der Waals surface area contributed by atoms with Gasteiger partial charge in [-0.25, -0.2) is 0 Å². The van der Waals surface area contributed by atoms with E-state index in [0.717, 1.165) is 23.3 Å². The summed E-state index contributed by atoms with van der Waals surface area (Å²) in [5, 5.41) is 11.2. The maximum absolute atomic E-state index is 13.8. The minimum atomic E-state index is -0.812. The molecule has 1 aliphatic heterocycles. The lowest BCUT2D eigenvalue weighted by molar-refractivity contribution is -0.146. The molecule has 3 nitrogen and oxygen atoms in total. The van der Waals surface area contributed by atoms with Crippen molar-refractivity contribution in [3.8, 4) is 0 Å². The van der Waals surface area contributed by atoms with Crippen molar-refractivity contribution in [1.29, 1.82) is 0 Å². The van der Waals surface area contributed by atoms with E-state index in [0.29, 0.717) is 50.1 Å². The molecule has 5 fully saturated rings. The molecule has 1 amide bonds. The van der Waals surface area contributed by atoms with Crippen molar-refractivity contribution in [3.05, 3.63) is 71.8 Å². The summed E-state index contributed by atoms with van der Waals surface area (Å²) >= 11 is 0. The molecule has 2 aromatic rings. The third kappa shape index (κ3) is 3.38. The molecule has 174 valence electrons. The van der Waals surface area contributed by atoms with E-state index in [9.17, 15) is 9.90 Å². The van der Waals surface area contributed by atoms with Crippen LogP contribution in [0.1, 0.15) is 63.0 Å². The van der Waals surface area contributed by atoms with E-state index in [1.54, 1.807) is 0 Å². The maximum atomic E-state index is 13.8. The van der Waals surface area contributed by atoms with Crippen LogP contribution in [0, 0.1) is 29.6 Å². The van der Waals surface area contributed by atoms with Crippen molar-refractivity contribution < 1.29 is 9.90 Å². The lowest BCUT2D eigenvalue weighted by Gasteiger charge is -2.64. The number of benzene rings is 2. The predicted molar refractivity (Wildman–Crippen MR) is 130 cm³/mol. The first-order valence-electron chi connectivity index (χ1n) is 13.1. The Kier molecular flexibility index (Phi) is 5.17. The van der Waals surface area contributed by atoms with Gasteiger partial charge in [0.1, 0.15) is 0 Å². The Morgan fingerprint density at radius 3 is 1.85 bits per heavy atom. The quantitative estimate of drug-likeness (QED) is 0.675. The van der Waals surface area contributed by atoms with Crippen LogP contribution in [-0.2, 0) is 15.8 Å². The zero-order valence-corrected chi connectivity index (χ0v) is 19.8. The third-order valence-corrected chi connectivity index (χ3v) is 10.3. The first-order chi connectivity index (χ1) is 16.0. The topological polar surface area (TPSA) is 40.5 Å². The van der Waals surface area contributed by atoms with Crippen molar-refractivity contribution in [2.24, 2.45) is 29.6 Å². The average Bonchev–Trinajstić information content (AvgIpc) is 2.84. The molecule has 4 aliphatic carbocycles. The Balaban J connectivity index is 1.24. The summed E-state index contributed by atoms with van der Waals surface area (Å²) in [6, 6.07) is 21.0. The number of carbonyl (C=O) groups excluding carboxylic acids is 1. The van der Waals surface area contributed by atoms with Crippen LogP contribution in [0.15, 0.2) is 60.7 Å². The van der Waals surface area contributed by atoms with Gasteiger partial charge in [0.15, 0.2) is 0 Å². The van der Waals surface area contributed by atoms with Gasteiger partial charge in [-0.05, 0) is 79.2 Å². The van der Waals surface area contributed by atoms with Crippen molar-refractivity contribution in [1.82, 2.24) is 4.90 Å². The molecule has 33 heavy (non-hydrogen) atoms. The molecule has 0 atom stereocenters. The minimum Gasteiger partial charge on any atom is -0.385 e. The molecule has 2 aromatic carbocycles. The second kappa shape index (κ2) is 7.98. The van der Waals surface area contributed by atoms with Crippen LogP contribution in [0.25, 0.3) is 0 Å². The molecule has 1 heterocycles. The van der Waals surface area contributed by atoms with E-state index in [1.807, 2.05) is 30.3 Å². The second-order valence-corrected chi connectivity index (χ2v) is 11.6. The van der Waals surface area contributed by atoms with Crippen LogP contribution in [0.3, 0.4) is 0 Å². The molecule has 0 radical (unpaired) electrons. The normalized spacial score (nSPS) is 36.7. The number of carbonyl (C=O) groups is 1. The standard InChI is InChI=1S/C30H37NO2/c1-21-22-16-26-18-23(21)19-27(17-22)30(26,25-10-6-3-7-11-25)20-28(32)31-14-12-29(33,13-15-31)24-8-4-2-5-9-24/h2-11,21-23,26-27,33H,12-20H2,1H3. The van der Waals surface area contributed by atoms with Crippen LogP contribution in [0.5, 0.6) is 0 Å². The fraction of sp³-hybridized carbons (Fsp3) is 0.567. The number of amides is 1. The molecule has 1 saturated heterocycles. The van der Waals surface area contributed by atoms with Gasteiger partial charge in [0, 0.05) is 24.9 Å². The Morgan fingerprint density at radius 2 is 1.33 bits per heavy atom. The Hall–Kier alpha value is -2.13. The van der Waals surface area contributed by atoms with Gasteiger partial charge in [-0.15, -0.1) is 0 Å². The van der Waals surface area contributed by atoms with Crippen molar-refractivity contribution in [2.75, 3.05) is 13.1 Å². The highest BCUT2D eigenvalue weighted by Gasteiger charge is 2.60. The lowest BCUT2D eigenvalue weighted by Crippen LogP contribution is -2.59. The molecule has 3 heteroatoms. The third-order valence-electron chi connectivity index (χ3n) is 10.3. The molecule has 5 aliphatic rings. The molecule has 7 rings (SSSR count). The second-order valence-electron chi connectivity index (χ2n) is 11.6. The fourth-order valence-electron chi connectivity index (χ4n) is 8.40. The predicted octanol–water partition coefficient (Wildman–Crippen LogP) is 5.53. The summed E-state index contributed by atoms with van der Waals surface area (Å²) in [7, 11) is 0. The van der Waals surface area contributed by atoms with Gasteiger partial charge in [0.2, 0.25) is 5.91 Å². The highest BCUT2D eigenvalue weighted by atomic mass is 16.3. The van der Waals surface area contributed by atoms with Crippen molar-refractivity contribution in [3.63, 3.8) is 0 Å². The summed E-state index contributed by atoms with van der Waals surface area (Å²) in [6.45, 7) is 3.77. The number of rotatable bonds is 4. The van der Waals surface area contributed by atoms with Crippen molar-refractivity contribution >= 4 is 5.91 Å². The number of piperidine rings is 1. The van der Waals surface area contributed by atoms with Crippen LogP contribution < -0.4 is 0 Å². The SMILES string of the molecule is CC1C2CC3CC1CC(C2)C3(CC(=O)N1CCC(O)(c2ccccc2)CC1)c1ccccc1. The number of likely N-dealkylation sites (tertiary alicyclic amines) is 1. The van der Waals surface area contributed by atoms with Crippen molar-refractivity contribution in [2.45, 2.75) is 62.9 Å². The summed E-state index contributed by atoms with van der Waals surface area (Å²) in [5.41, 5.74) is 1.57. The van der Waals surface area contributed by atoms with Gasteiger partial charge >= 0.3 is 0 Å². The Bertz CT molecular complexity index is 962. The van der Waals surface area contributed by atoms with E-state index in [1.165, 1.54) is 31.2 Å². The fourth-order valence-corrected chi connectivity index (χ4v) is 8.40. The number of aliphatic hydroxyl groups is 1. The largest absolute Gasteiger partial charge is 0.385 e. The van der Waals surface area contributed by atoms with Crippen LogP contribution in [-0.4, -0.2) is 29.0 Å². The highest BCUT2D eigenvalue weighted by Crippen LogP contribution is 2.65. The highest BCUT2D eigenvalue weighted by molar-refractivity contribution is 5.78. The maximum Gasteiger partial charge on any atom is 0.223 e. The van der Waals surface area contributed by atoms with Gasteiger partial charge in [0.05, 0.1) is 5.60 Å². The van der Waals surface area contributed by atoms with Gasteiger partial charge in [-0.3, -0.25) is 4.79 Å². The lowest BCUT2D eigenvalue weighted by atomic mass is 9.41. The summed E-state index contributed by atoms with van der Waals surface area (Å²) < 4.78 is 0. The minimum absolute atomic E-state index is 0.00133. The molecule has 0 spiro atoms. The summed E-state index contributed by atoms with van der Waals surface area (Å²) in [6.07, 6.45) is 7.07. The van der Waals surface area contributed by atoms with Gasteiger partial charge in [-0.1, -0.05) is 67.6 Å². The van der Waals surface area contributed by atoms with Gasteiger partial charge < -0.3 is 10.0 Å². The molecule has 4 saturated carbocycles. The van der Waals surface area contributed by atoms with E-state index < -0.39 is 5.60 Å². The van der Waals surface area contributed by atoms with Crippen LogP contribution in [0.4, 0.5) is 0 Å². The zero-order valence-electron chi connectivity index (χ0n) is 19.8. The van der Waals surface area contributed by atoms with E-state index in [4.69, 9.17) is 0 Å². The van der Waals surface area contributed by atoms with E-state index in [-0.39, 0.29) is 5.41 Å². The monoisotopic (exact) mass is 443 g/mol. The number of hydrogen-bond donors (Lipinski definition) is 1. The Labute approximate surface area is 198 Å². The van der Waals surface area contributed by atoms with Crippen LogP contribution >= 0.6 is 0 Å². The smallest absolute Gasteiger partial charge is 0.223 e. The molecule has 4 bridgehead atoms. The molecular formula is C30H37NO2. The molecule has 0 aromatic heterocycles. The molecule has 0 unspecified atom stereocenters. The van der Waals surface area contributed by atoms with E-state index >= 15 is 0 Å². The average molecular weight is 444 g/mol. The first-order valence-corrected chi connectivity index (χ1v) is 13.1. The number of nitrogens with zero attached hydrogens (tertiary/aromatic N) is 1. The number of hydrogen-bond acceptors (Lipinski definition) is 2. The first kappa shape index (κ1) is 21.4. The van der Waals surface area contributed by atoms with E-state index in [2.05, 4.69) is 42.2 Å².